The van der Waals surface area contributed by atoms with Crippen molar-refractivity contribution >= 4 is 11.3 Å². The van der Waals surface area contributed by atoms with Crippen molar-refractivity contribution < 1.29 is 0 Å². The van der Waals surface area contributed by atoms with Crippen molar-refractivity contribution in [3.8, 4) is 0 Å². The van der Waals surface area contributed by atoms with Crippen molar-refractivity contribution in [2.75, 3.05) is 0 Å². The lowest BCUT2D eigenvalue weighted by Gasteiger charge is -1.92. The summed E-state index contributed by atoms with van der Waals surface area (Å²) in [5.41, 5.74) is 7.89. The predicted molar refractivity (Wildman–Crippen MR) is 53.6 cm³/mol. The first-order valence-electron chi connectivity index (χ1n) is 4.12. The van der Waals surface area contributed by atoms with E-state index in [1.54, 1.807) is 11.3 Å². The molecule has 13 heavy (non-hydrogen) atoms. The molecule has 0 aliphatic rings. The molecule has 0 atom stereocenters. The smallest absolute Gasteiger partial charge is 0.120 e. The number of rotatable bonds is 3. The van der Waals surface area contributed by atoms with Crippen LogP contribution in [-0.4, -0.2) is 9.97 Å². The molecule has 0 saturated carbocycles. The molecule has 2 rings (SSSR count). The average molecular weight is 193 g/mol. The van der Waals surface area contributed by atoms with Crippen molar-refractivity contribution in [1.82, 2.24) is 9.97 Å². The summed E-state index contributed by atoms with van der Waals surface area (Å²) in [5.74, 6) is 0.852. The Kier molecular flexibility index (Phi) is 2.42. The minimum atomic E-state index is 0.476. The molecular weight excluding hydrogens is 182 g/mol. The quantitative estimate of drug-likeness (QED) is 0.776. The van der Waals surface area contributed by atoms with Gasteiger partial charge >= 0.3 is 0 Å². The Balaban J connectivity index is 2.10. The van der Waals surface area contributed by atoms with Crippen molar-refractivity contribution in [3.63, 3.8) is 0 Å². The van der Waals surface area contributed by atoms with Crippen LogP contribution in [0.5, 0.6) is 0 Å². The molecule has 0 amide bonds. The van der Waals surface area contributed by atoms with Crippen molar-refractivity contribution in [1.29, 1.82) is 0 Å². The van der Waals surface area contributed by atoms with E-state index in [0.29, 0.717) is 6.54 Å². The maximum atomic E-state index is 5.44. The number of aromatic amines is 1. The van der Waals surface area contributed by atoms with Crippen molar-refractivity contribution in [2.45, 2.75) is 13.0 Å². The predicted octanol–water partition coefficient (Wildman–Crippen LogP) is 1.52. The van der Waals surface area contributed by atoms with Crippen LogP contribution in [0.1, 0.15) is 17.1 Å². The van der Waals surface area contributed by atoms with Crippen LogP contribution in [0.2, 0.25) is 0 Å². The van der Waals surface area contributed by atoms with Gasteiger partial charge < -0.3 is 10.7 Å². The first-order valence-corrected chi connectivity index (χ1v) is 5.06. The lowest BCUT2D eigenvalue weighted by molar-refractivity contribution is 0.937. The summed E-state index contributed by atoms with van der Waals surface area (Å²) in [6, 6.07) is 2.12. The van der Waals surface area contributed by atoms with Gasteiger partial charge in [-0.2, -0.15) is 11.3 Å². The second-order valence-corrected chi connectivity index (χ2v) is 3.65. The zero-order valence-corrected chi connectivity index (χ0v) is 7.97. The van der Waals surface area contributed by atoms with Gasteiger partial charge in [-0.3, -0.25) is 0 Å². The minimum Gasteiger partial charge on any atom is -0.345 e. The molecule has 2 aromatic heterocycles. The van der Waals surface area contributed by atoms with E-state index in [1.807, 2.05) is 6.20 Å². The highest BCUT2D eigenvalue weighted by Gasteiger charge is 2.00. The van der Waals surface area contributed by atoms with E-state index >= 15 is 0 Å². The molecule has 0 saturated heterocycles. The van der Waals surface area contributed by atoms with E-state index < -0.39 is 0 Å². The molecular formula is C9H11N3S. The molecule has 3 nitrogen and oxygen atoms in total. The van der Waals surface area contributed by atoms with Crippen LogP contribution in [0.15, 0.2) is 23.0 Å². The third kappa shape index (κ3) is 1.96. The number of nitrogens with zero attached hydrogens (tertiary/aromatic N) is 1. The molecule has 68 valence electrons. The number of aromatic nitrogens is 2. The van der Waals surface area contributed by atoms with Crippen LogP contribution < -0.4 is 5.73 Å². The van der Waals surface area contributed by atoms with E-state index in [2.05, 4.69) is 26.8 Å². The van der Waals surface area contributed by atoms with Crippen LogP contribution in [0.25, 0.3) is 0 Å². The fourth-order valence-electron chi connectivity index (χ4n) is 1.21. The Bertz CT molecular complexity index is 364. The van der Waals surface area contributed by atoms with Crippen LogP contribution in [0, 0.1) is 0 Å². The van der Waals surface area contributed by atoms with Gasteiger partial charge in [-0.05, 0) is 22.4 Å². The van der Waals surface area contributed by atoms with Crippen LogP contribution in [0.4, 0.5) is 0 Å². The topological polar surface area (TPSA) is 54.7 Å². The van der Waals surface area contributed by atoms with E-state index in [-0.39, 0.29) is 0 Å². The molecule has 0 unspecified atom stereocenters. The maximum absolute atomic E-state index is 5.44. The fraction of sp³-hybridized carbons (Fsp3) is 0.222. The van der Waals surface area contributed by atoms with Crippen molar-refractivity contribution in [2.24, 2.45) is 5.73 Å². The maximum Gasteiger partial charge on any atom is 0.120 e. The molecule has 2 aromatic rings. The van der Waals surface area contributed by atoms with Gasteiger partial charge in [0, 0.05) is 18.3 Å². The van der Waals surface area contributed by atoms with Gasteiger partial charge in [-0.25, -0.2) is 4.98 Å². The minimum absolute atomic E-state index is 0.476. The van der Waals surface area contributed by atoms with E-state index in [4.69, 9.17) is 5.73 Å². The monoisotopic (exact) mass is 193 g/mol. The molecule has 4 heteroatoms. The number of thiophene rings is 1. The number of hydrogen-bond acceptors (Lipinski definition) is 3. The molecule has 0 radical (unpaired) electrons. The summed E-state index contributed by atoms with van der Waals surface area (Å²) in [4.78, 5) is 7.31. The van der Waals surface area contributed by atoms with Gasteiger partial charge in [0.2, 0.25) is 0 Å². The van der Waals surface area contributed by atoms with Gasteiger partial charge in [0.25, 0.3) is 0 Å². The normalized spacial score (nSPS) is 10.5. The zero-order chi connectivity index (χ0) is 9.10. The van der Waals surface area contributed by atoms with E-state index in [9.17, 15) is 0 Å². The Morgan fingerprint density at radius 3 is 3.08 bits per heavy atom. The van der Waals surface area contributed by atoms with Crippen LogP contribution >= 0.6 is 11.3 Å². The Hall–Kier alpha value is -1.13. The average Bonchev–Trinajstić information content (AvgIpc) is 2.76. The van der Waals surface area contributed by atoms with E-state index in [0.717, 1.165) is 17.9 Å². The SMILES string of the molecule is NCc1ncc(Cc2ccsc2)[nH]1. The lowest BCUT2D eigenvalue weighted by Crippen LogP contribution is -1.98. The summed E-state index contributed by atoms with van der Waals surface area (Å²) < 4.78 is 0. The van der Waals surface area contributed by atoms with Crippen LogP contribution in [0.3, 0.4) is 0 Å². The highest BCUT2D eigenvalue weighted by molar-refractivity contribution is 7.07. The van der Waals surface area contributed by atoms with Gasteiger partial charge in [0.15, 0.2) is 0 Å². The highest BCUT2D eigenvalue weighted by Crippen LogP contribution is 2.10. The first-order chi connectivity index (χ1) is 6.38. The molecule has 0 aromatic carbocycles. The number of nitrogens with two attached hydrogens (primary N) is 1. The number of imidazole rings is 1. The summed E-state index contributed by atoms with van der Waals surface area (Å²) in [5, 5.41) is 4.22. The molecule has 2 heterocycles. The molecule has 0 fully saturated rings. The van der Waals surface area contributed by atoms with Gasteiger partial charge in [0.05, 0.1) is 6.54 Å². The molecule has 0 aliphatic heterocycles. The van der Waals surface area contributed by atoms with Gasteiger partial charge in [0.1, 0.15) is 5.82 Å². The summed E-state index contributed by atoms with van der Waals surface area (Å²) in [6.45, 7) is 0.476. The summed E-state index contributed by atoms with van der Waals surface area (Å²) in [6.07, 6.45) is 2.76. The number of hydrogen-bond donors (Lipinski definition) is 2. The van der Waals surface area contributed by atoms with Gasteiger partial charge in [-0.15, -0.1) is 0 Å². The third-order valence-corrected chi connectivity index (χ3v) is 2.58. The molecule has 0 spiro atoms. The Labute approximate surface area is 80.6 Å². The largest absolute Gasteiger partial charge is 0.345 e. The zero-order valence-electron chi connectivity index (χ0n) is 7.16. The Morgan fingerprint density at radius 2 is 2.46 bits per heavy atom. The van der Waals surface area contributed by atoms with Crippen molar-refractivity contribution in [3.05, 3.63) is 40.1 Å². The summed E-state index contributed by atoms with van der Waals surface area (Å²) in [7, 11) is 0. The fourth-order valence-corrected chi connectivity index (χ4v) is 1.88. The highest BCUT2D eigenvalue weighted by atomic mass is 32.1. The lowest BCUT2D eigenvalue weighted by atomic mass is 10.2. The van der Waals surface area contributed by atoms with E-state index in [1.165, 1.54) is 5.56 Å². The van der Waals surface area contributed by atoms with Gasteiger partial charge in [-0.1, -0.05) is 0 Å². The van der Waals surface area contributed by atoms with Crippen LogP contribution in [-0.2, 0) is 13.0 Å². The molecule has 0 bridgehead atoms. The second-order valence-electron chi connectivity index (χ2n) is 2.87. The standard InChI is InChI=1S/C9H11N3S/c10-4-9-11-5-8(12-9)3-7-1-2-13-6-7/h1-2,5-6H,3-4,10H2,(H,11,12). The number of nitrogens with one attached hydrogen (secondary N) is 1. The number of H-pyrrole nitrogens is 1. The second kappa shape index (κ2) is 3.72. The summed E-state index contributed by atoms with van der Waals surface area (Å²) >= 11 is 1.71. The third-order valence-electron chi connectivity index (χ3n) is 1.85. The Morgan fingerprint density at radius 1 is 1.54 bits per heavy atom. The molecule has 3 N–H and O–H groups in total. The first kappa shape index (κ1) is 8.47. The molecule has 0 aliphatic carbocycles.